The van der Waals surface area contributed by atoms with E-state index in [2.05, 4.69) is 5.32 Å². The van der Waals surface area contributed by atoms with Crippen molar-refractivity contribution in [2.45, 2.75) is 25.4 Å². The second-order valence-corrected chi connectivity index (χ2v) is 8.16. The number of benzene rings is 1. The largest absolute Gasteiger partial charge is 0.351 e. The van der Waals surface area contributed by atoms with Gasteiger partial charge in [0.25, 0.3) is 0 Å². The van der Waals surface area contributed by atoms with Gasteiger partial charge in [0, 0.05) is 12.1 Å². The van der Waals surface area contributed by atoms with Crippen molar-refractivity contribution in [3.05, 3.63) is 35.4 Å². The highest BCUT2D eigenvalue weighted by Gasteiger charge is 2.29. The van der Waals surface area contributed by atoms with Gasteiger partial charge < -0.3 is 5.32 Å². The molecule has 0 aromatic heterocycles. The van der Waals surface area contributed by atoms with Crippen LogP contribution in [-0.2, 0) is 14.6 Å². The van der Waals surface area contributed by atoms with Crippen LogP contribution < -0.4 is 5.32 Å². The number of nitrogens with zero attached hydrogens (tertiary/aromatic N) is 1. The SMILES string of the molecule is C[C@@H](c1ccc(F)c(F)c1)N(C)CC(=O)N[C@H]1CCS(=O)(=O)C1. The molecule has 1 heterocycles. The lowest BCUT2D eigenvalue weighted by Crippen LogP contribution is -2.42. The van der Waals surface area contributed by atoms with Gasteiger partial charge in [0.15, 0.2) is 21.5 Å². The van der Waals surface area contributed by atoms with Crippen molar-refractivity contribution in [2.24, 2.45) is 0 Å². The Balaban J connectivity index is 1.91. The maximum absolute atomic E-state index is 13.3. The number of rotatable bonds is 5. The minimum atomic E-state index is -3.04. The van der Waals surface area contributed by atoms with Gasteiger partial charge in [0.05, 0.1) is 18.1 Å². The molecule has 0 radical (unpaired) electrons. The Bertz CT molecular complexity index is 694. The van der Waals surface area contributed by atoms with Gasteiger partial charge >= 0.3 is 0 Å². The molecule has 2 rings (SSSR count). The summed E-state index contributed by atoms with van der Waals surface area (Å²) in [5.41, 5.74) is 0.558. The molecule has 0 unspecified atom stereocenters. The number of carbonyl (C=O) groups is 1. The molecular formula is C15H20F2N2O3S. The van der Waals surface area contributed by atoms with Gasteiger partial charge in [-0.2, -0.15) is 0 Å². The summed E-state index contributed by atoms with van der Waals surface area (Å²) >= 11 is 0. The van der Waals surface area contributed by atoms with Crippen LogP contribution in [-0.4, -0.2) is 50.4 Å². The Labute approximate surface area is 134 Å². The van der Waals surface area contributed by atoms with Crippen LogP contribution in [0.1, 0.15) is 24.9 Å². The van der Waals surface area contributed by atoms with Gasteiger partial charge in [0.1, 0.15) is 0 Å². The maximum Gasteiger partial charge on any atom is 0.234 e. The number of amides is 1. The van der Waals surface area contributed by atoms with Crippen molar-refractivity contribution in [3.63, 3.8) is 0 Å². The first-order valence-corrected chi connectivity index (χ1v) is 9.15. The Morgan fingerprint density at radius 3 is 2.65 bits per heavy atom. The number of carbonyl (C=O) groups excluding carboxylic acids is 1. The average molecular weight is 346 g/mol. The van der Waals surface area contributed by atoms with Gasteiger partial charge in [-0.05, 0) is 38.1 Å². The van der Waals surface area contributed by atoms with Gasteiger partial charge in [0.2, 0.25) is 5.91 Å². The van der Waals surface area contributed by atoms with Crippen LogP contribution in [0.25, 0.3) is 0 Å². The molecule has 2 atom stereocenters. The van der Waals surface area contributed by atoms with E-state index in [0.29, 0.717) is 12.0 Å². The molecule has 1 aromatic carbocycles. The molecule has 128 valence electrons. The molecule has 1 amide bonds. The summed E-state index contributed by atoms with van der Waals surface area (Å²) in [4.78, 5) is 13.7. The van der Waals surface area contributed by atoms with E-state index in [9.17, 15) is 22.0 Å². The smallest absolute Gasteiger partial charge is 0.234 e. The standard InChI is InChI=1S/C15H20F2N2O3S/c1-10(11-3-4-13(16)14(17)7-11)19(2)8-15(20)18-12-5-6-23(21,22)9-12/h3-4,7,10,12H,5-6,8-9H2,1-2H3,(H,18,20)/t10-,12-/m0/s1. The Hall–Kier alpha value is -1.54. The quantitative estimate of drug-likeness (QED) is 0.872. The number of likely N-dealkylation sites (N-methyl/N-ethyl adjacent to an activating group) is 1. The highest BCUT2D eigenvalue weighted by Crippen LogP contribution is 2.20. The summed E-state index contributed by atoms with van der Waals surface area (Å²) < 4.78 is 49.0. The van der Waals surface area contributed by atoms with Crippen molar-refractivity contribution in [1.29, 1.82) is 0 Å². The molecule has 8 heteroatoms. The van der Waals surface area contributed by atoms with Crippen LogP contribution in [0.2, 0.25) is 0 Å². The molecule has 0 spiro atoms. The first-order chi connectivity index (χ1) is 10.7. The van der Waals surface area contributed by atoms with Crippen LogP contribution in [0.4, 0.5) is 8.78 Å². The summed E-state index contributed by atoms with van der Waals surface area (Å²) in [6, 6.07) is 3.00. The summed E-state index contributed by atoms with van der Waals surface area (Å²) in [5, 5.41) is 2.70. The number of nitrogens with one attached hydrogen (secondary N) is 1. The number of hydrogen-bond acceptors (Lipinski definition) is 4. The normalized spacial score (nSPS) is 21.3. The number of halogens is 2. The lowest BCUT2D eigenvalue weighted by Gasteiger charge is -2.25. The Morgan fingerprint density at radius 1 is 1.39 bits per heavy atom. The Morgan fingerprint density at radius 2 is 2.09 bits per heavy atom. The van der Waals surface area contributed by atoms with E-state index in [1.165, 1.54) is 6.07 Å². The minimum Gasteiger partial charge on any atom is -0.351 e. The lowest BCUT2D eigenvalue weighted by atomic mass is 10.1. The van der Waals surface area contributed by atoms with Crippen LogP contribution in [0, 0.1) is 11.6 Å². The molecule has 1 saturated heterocycles. The van der Waals surface area contributed by atoms with E-state index in [4.69, 9.17) is 0 Å². The van der Waals surface area contributed by atoms with Crippen molar-refractivity contribution in [2.75, 3.05) is 25.1 Å². The third-order valence-corrected chi connectivity index (χ3v) is 5.85. The first kappa shape index (κ1) is 17.8. The maximum atomic E-state index is 13.3. The summed E-state index contributed by atoms with van der Waals surface area (Å²) in [6.45, 7) is 1.82. The summed E-state index contributed by atoms with van der Waals surface area (Å²) in [6.07, 6.45) is 0.427. The second kappa shape index (κ2) is 6.92. The average Bonchev–Trinajstić information content (AvgIpc) is 2.79. The molecule has 5 nitrogen and oxygen atoms in total. The van der Waals surface area contributed by atoms with Crippen molar-refractivity contribution >= 4 is 15.7 Å². The third-order valence-electron chi connectivity index (χ3n) is 4.08. The van der Waals surface area contributed by atoms with E-state index in [-0.39, 0.29) is 36.0 Å². The van der Waals surface area contributed by atoms with Crippen molar-refractivity contribution in [1.82, 2.24) is 10.2 Å². The minimum absolute atomic E-state index is 0.0266. The molecule has 1 aromatic rings. The fourth-order valence-corrected chi connectivity index (χ4v) is 4.25. The molecule has 0 aliphatic carbocycles. The third kappa shape index (κ3) is 4.71. The highest BCUT2D eigenvalue weighted by atomic mass is 32.2. The molecule has 0 saturated carbocycles. The fourth-order valence-electron chi connectivity index (χ4n) is 2.57. The molecule has 1 N–H and O–H groups in total. The zero-order valence-electron chi connectivity index (χ0n) is 13.1. The van der Waals surface area contributed by atoms with Crippen LogP contribution in [0.5, 0.6) is 0 Å². The van der Waals surface area contributed by atoms with Crippen LogP contribution >= 0.6 is 0 Å². The van der Waals surface area contributed by atoms with E-state index < -0.39 is 21.5 Å². The summed E-state index contributed by atoms with van der Waals surface area (Å²) in [5.74, 6) is -2.06. The van der Waals surface area contributed by atoms with Crippen LogP contribution in [0.15, 0.2) is 18.2 Å². The van der Waals surface area contributed by atoms with Crippen molar-refractivity contribution in [3.8, 4) is 0 Å². The van der Waals surface area contributed by atoms with Gasteiger partial charge in [-0.25, -0.2) is 17.2 Å². The predicted octanol–water partition coefficient (Wildman–Crippen LogP) is 1.26. The monoisotopic (exact) mass is 346 g/mol. The number of sulfone groups is 1. The topological polar surface area (TPSA) is 66.5 Å². The zero-order valence-corrected chi connectivity index (χ0v) is 13.9. The lowest BCUT2D eigenvalue weighted by molar-refractivity contribution is -0.122. The summed E-state index contributed by atoms with van der Waals surface area (Å²) in [7, 11) is -1.35. The number of hydrogen-bond donors (Lipinski definition) is 1. The zero-order chi connectivity index (χ0) is 17.2. The Kier molecular flexibility index (Phi) is 5.36. The van der Waals surface area contributed by atoms with E-state index in [1.807, 2.05) is 0 Å². The van der Waals surface area contributed by atoms with Gasteiger partial charge in [-0.3, -0.25) is 9.69 Å². The molecule has 0 bridgehead atoms. The van der Waals surface area contributed by atoms with Crippen LogP contribution in [0.3, 0.4) is 0 Å². The van der Waals surface area contributed by atoms with Gasteiger partial charge in [-0.15, -0.1) is 0 Å². The van der Waals surface area contributed by atoms with E-state index in [0.717, 1.165) is 12.1 Å². The molecule has 1 aliphatic heterocycles. The molecule has 1 fully saturated rings. The van der Waals surface area contributed by atoms with E-state index >= 15 is 0 Å². The fraction of sp³-hybridized carbons (Fsp3) is 0.533. The molecule has 23 heavy (non-hydrogen) atoms. The van der Waals surface area contributed by atoms with Gasteiger partial charge in [-0.1, -0.05) is 6.07 Å². The second-order valence-electron chi connectivity index (χ2n) is 5.93. The highest BCUT2D eigenvalue weighted by molar-refractivity contribution is 7.91. The molecule has 1 aliphatic rings. The predicted molar refractivity (Wildman–Crippen MR) is 82.6 cm³/mol. The first-order valence-electron chi connectivity index (χ1n) is 7.33. The molecular weight excluding hydrogens is 326 g/mol. The van der Waals surface area contributed by atoms with Crippen molar-refractivity contribution < 1.29 is 22.0 Å². The van der Waals surface area contributed by atoms with E-state index in [1.54, 1.807) is 18.9 Å².